The Bertz CT molecular complexity index is 792. The fourth-order valence-corrected chi connectivity index (χ4v) is 2.40. The van der Waals surface area contributed by atoms with Crippen molar-refractivity contribution in [2.24, 2.45) is 5.73 Å². The molecule has 0 aliphatic heterocycles. The van der Waals surface area contributed by atoms with E-state index in [1.54, 1.807) is 12.3 Å². The Morgan fingerprint density at radius 1 is 1.44 bits per heavy atom. The molecule has 4 nitrogen and oxygen atoms in total. The van der Waals surface area contributed by atoms with E-state index in [2.05, 4.69) is 9.97 Å². The van der Waals surface area contributed by atoms with E-state index in [4.69, 9.17) is 17.3 Å². The maximum Gasteiger partial charge on any atom is 0.269 e. The van der Waals surface area contributed by atoms with Crippen molar-refractivity contribution in [3.63, 3.8) is 0 Å². The average molecular weight is 260 g/mol. The van der Waals surface area contributed by atoms with Crippen LogP contribution in [0.25, 0.3) is 21.8 Å². The van der Waals surface area contributed by atoms with Gasteiger partial charge in [-0.05, 0) is 30.7 Å². The topological polar surface area (TPSA) is 71.8 Å². The van der Waals surface area contributed by atoms with Crippen LogP contribution in [0.4, 0.5) is 0 Å². The first-order valence-corrected chi connectivity index (χ1v) is 5.82. The molecule has 3 aromatic rings. The number of fused-ring (bicyclic) bond motifs is 3. The molecule has 5 heteroatoms. The van der Waals surface area contributed by atoms with Gasteiger partial charge in [-0.3, -0.25) is 4.79 Å². The molecule has 0 atom stereocenters. The molecular formula is C13H10ClN3O. The van der Waals surface area contributed by atoms with Crippen LogP contribution in [-0.4, -0.2) is 15.9 Å². The number of rotatable bonds is 1. The zero-order valence-corrected chi connectivity index (χ0v) is 10.4. The van der Waals surface area contributed by atoms with Gasteiger partial charge in [0.25, 0.3) is 5.91 Å². The first-order chi connectivity index (χ1) is 8.58. The summed E-state index contributed by atoms with van der Waals surface area (Å²) in [6.07, 6.45) is 1.65. The molecule has 0 saturated carbocycles. The summed E-state index contributed by atoms with van der Waals surface area (Å²) in [5.41, 5.74) is 8.14. The lowest BCUT2D eigenvalue weighted by atomic mass is 10.1. The van der Waals surface area contributed by atoms with E-state index in [1.165, 1.54) is 0 Å². The molecule has 1 amide bonds. The van der Waals surface area contributed by atoms with Gasteiger partial charge in [0, 0.05) is 27.5 Å². The van der Waals surface area contributed by atoms with Gasteiger partial charge in [0.1, 0.15) is 0 Å². The molecule has 0 aliphatic carbocycles. The van der Waals surface area contributed by atoms with E-state index in [0.717, 1.165) is 21.9 Å². The number of hydrogen-bond acceptors (Lipinski definition) is 2. The van der Waals surface area contributed by atoms with Crippen molar-refractivity contribution in [2.45, 2.75) is 6.92 Å². The number of carbonyl (C=O) groups is 1. The lowest BCUT2D eigenvalue weighted by Crippen LogP contribution is -2.13. The predicted octanol–water partition coefficient (Wildman–Crippen LogP) is 2.78. The smallest absolute Gasteiger partial charge is 0.269 e. The lowest BCUT2D eigenvalue weighted by molar-refractivity contribution is 0.0997. The maximum atomic E-state index is 11.4. The van der Waals surface area contributed by atoms with Crippen LogP contribution >= 0.6 is 11.6 Å². The summed E-state index contributed by atoms with van der Waals surface area (Å²) in [5, 5.41) is 2.57. The zero-order chi connectivity index (χ0) is 12.9. The van der Waals surface area contributed by atoms with E-state index in [1.807, 2.05) is 19.1 Å². The summed E-state index contributed by atoms with van der Waals surface area (Å²) < 4.78 is 0. The Morgan fingerprint density at radius 2 is 2.22 bits per heavy atom. The second-order valence-corrected chi connectivity index (χ2v) is 4.66. The molecule has 18 heavy (non-hydrogen) atoms. The van der Waals surface area contributed by atoms with Gasteiger partial charge in [-0.1, -0.05) is 11.6 Å². The molecule has 0 saturated heterocycles. The van der Waals surface area contributed by atoms with Crippen molar-refractivity contribution in [2.75, 3.05) is 0 Å². The Labute approximate surface area is 108 Å². The molecule has 90 valence electrons. The minimum Gasteiger partial charge on any atom is -0.364 e. The van der Waals surface area contributed by atoms with Gasteiger partial charge in [-0.25, -0.2) is 4.98 Å². The first kappa shape index (κ1) is 11.0. The van der Waals surface area contributed by atoms with Crippen molar-refractivity contribution < 1.29 is 4.79 Å². The molecule has 0 unspecified atom stereocenters. The van der Waals surface area contributed by atoms with Gasteiger partial charge in [-0.2, -0.15) is 0 Å². The minimum absolute atomic E-state index is 0.253. The van der Waals surface area contributed by atoms with E-state index in [0.29, 0.717) is 10.5 Å². The number of primary amides is 1. The van der Waals surface area contributed by atoms with Gasteiger partial charge in [0.2, 0.25) is 0 Å². The quantitative estimate of drug-likeness (QED) is 0.705. The Hall–Kier alpha value is -2.07. The summed E-state index contributed by atoms with van der Waals surface area (Å²) in [6, 6.07) is 5.54. The fourth-order valence-electron chi connectivity index (χ4n) is 2.23. The number of nitrogens with one attached hydrogen (secondary N) is 1. The molecule has 2 heterocycles. The summed E-state index contributed by atoms with van der Waals surface area (Å²) in [7, 11) is 0. The molecule has 0 bridgehead atoms. The van der Waals surface area contributed by atoms with E-state index in [9.17, 15) is 4.79 Å². The van der Waals surface area contributed by atoms with Crippen LogP contribution in [0, 0.1) is 6.92 Å². The van der Waals surface area contributed by atoms with Crippen LogP contribution in [0.15, 0.2) is 24.4 Å². The van der Waals surface area contributed by atoms with Gasteiger partial charge in [0.05, 0.1) is 5.52 Å². The van der Waals surface area contributed by atoms with Crippen LogP contribution in [0.3, 0.4) is 0 Å². The van der Waals surface area contributed by atoms with Crippen molar-refractivity contribution in [1.29, 1.82) is 0 Å². The zero-order valence-electron chi connectivity index (χ0n) is 9.62. The van der Waals surface area contributed by atoms with Crippen LogP contribution in [-0.2, 0) is 0 Å². The summed E-state index contributed by atoms with van der Waals surface area (Å²) in [6.45, 7) is 1.94. The summed E-state index contributed by atoms with van der Waals surface area (Å²) >= 11 is 6.01. The number of hydrogen-bond donors (Lipinski definition) is 2. The number of halogens is 1. The summed E-state index contributed by atoms with van der Waals surface area (Å²) in [5.74, 6) is -0.544. The SMILES string of the molecule is Cc1cnc(C(N)=O)c2[nH]c3ccc(Cl)cc3c12. The van der Waals surface area contributed by atoms with Crippen molar-refractivity contribution in [3.8, 4) is 0 Å². The molecule has 0 radical (unpaired) electrons. The maximum absolute atomic E-state index is 11.4. The number of aromatic nitrogens is 2. The molecule has 0 aliphatic rings. The minimum atomic E-state index is -0.544. The third-order valence-electron chi connectivity index (χ3n) is 3.01. The molecule has 0 fully saturated rings. The predicted molar refractivity (Wildman–Crippen MR) is 71.9 cm³/mol. The van der Waals surface area contributed by atoms with E-state index in [-0.39, 0.29) is 5.69 Å². The highest BCUT2D eigenvalue weighted by Gasteiger charge is 2.15. The van der Waals surface area contributed by atoms with Crippen LogP contribution in [0.1, 0.15) is 16.1 Å². The Kier molecular flexibility index (Phi) is 2.28. The number of nitrogens with two attached hydrogens (primary N) is 1. The van der Waals surface area contributed by atoms with Crippen molar-refractivity contribution in [1.82, 2.24) is 9.97 Å². The second-order valence-electron chi connectivity index (χ2n) is 4.22. The first-order valence-electron chi connectivity index (χ1n) is 5.44. The molecule has 1 aromatic carbocycles. The van der Waals surface area contributed by atoms with Gasteiger partial charge in [-0.15, -0.1) is 0 Å². The fraction of sp³-hybridized carbons (Fsp3) is 0.0769. The molecule has 2 aromatic heterocycles. The van der Waals surface area contributed by atoms with E-state index >= 15 is 0 Å². The number of amides is 1. The van der Waals surface area contributed by atoms with Crippen LogP contribution in [0.2, 0.25) is 5.02 Å². The summed E-state index contributed by atoms with van der Waals surface area (Å²) in [4.78, 5) is 18.6. The van der Waals surface area contributed by atoms with Crippen LogP contribution < -0.4 is 5.73 Å². The average Bonchev–Trinajstić information content (AvgIpc) is 2.68. The normalized spacial score (nSPS) is 11.2. The molecular weight excluding hydrogens is 250 g/mol. The third-order valence-corrected chi connectivity index (χ3v) is 3.25. The number of H-pyrrole nitrogens is 1. The van der Waals surface area contributed by atoms with Gasteiger partial charge in [0.15, 0.2) is 5.69 Å². The number of nitrogens with zero attached hydrogens (tertiary/aromatic N) is 1. The Morgan fingerprint density at radius 3 is 2.94 bits per heavy atom. The highest BCUT2D eigenvalue weighted by molar-refractivity contribution is 6.32. The van der Waals surface area contributed by atoms with E-state index < -0.39 is 5.91 Å². The molecule has 0 spiro atoms. The number of pyridine rings is 1. The number of aromatic amines is 1. The molecule has 3 rings (SSSR count). The van der Waals surface area contributed by atoms with Gasteiger partial charge >= 0.3 is 0 Å². The highest BCUT2D eigenvalue weighted by atomic mass is 35.5. The van der Waals surface area contributed by atoms with Crippen molar-refractivity contribution in [3.05, 3.63) is 40.7 Å². The Balaban J connectivity index is 2.56. The lowest BCUT2D eigenvalue weighted by Gasteiger charge is -2.00. The second kappa shape index (κ2) is 3.71. The highest BCUT2D eigenvalue weighted by Crippen LogP contribution is 2.31. The van der Waals surface area contributed by atoms with Crippen LogP contribution in [0.5, 0.6) is 0 Å². The van der Waals surface area contributed by atoms with Gasteiger partial charge < -0.3 is 10.7 Å². The number of benzene rings is 1. The number of carbonyl (C=O) groups excluding carboxylic acids is 1. The number of aryl methyl sites for hydroxylation is 1. The third kappa shape index (κ3) is 1.46. The molecule has 3 N–H and O–H groups in total. The largest absolute Gasteiger partial charge is 0.364 e. The standard InChI is InChI=1S/C13H10ClN3O/c1-6-5-16-12(13(15)18)11-10(6)8-4-7(14)2-3-9(8)17-11/h2-5,17H,1H3,(H2,15,18). The monoisotopic (exact) mass is 259 g/mol. The van der Waals surface area contributed by atoms with Crippen molar-refractivity contribution >= 4 is 39.3 Å².